The minimum atomic E-state index is 0.265. The van der Waals surface area contributed by atoms with Crippen LogP contribution >= 0.6 is 0 Å². The van der Waals surface area contributed by atoms with E-state index in [0.717, 1.165) is 45.0 Å². The predicted octanol–water partition coefficient (Wildman–Crippen LogP) is 8.20. The van der Waals surface area contributed by atoms with Crippen LogP contribution in [0.1, 0.15) is 33.9 Å². The first kappa shape index (κ1) is 31.8. The van der Waals surface area contributed by atoms with Gasteiger partial charge in [0, 0.05) is 69.6 Å². The zero-order chi connectivity index (χ0) is 33.3. The molecule has 0 atom stereocenters. The van der Waals surface area contributed by atoms with Crippen molar-refractivity contribution >= 4 is 10.8 Å². The average Bonchev–Trinajstić information content (AvgIpc) is 3.14. The number of benzene rings is 3. The second kappa shape index (κ2) is 15.4. The van der Waals surface area contributed by atoms with Gasteiger partial charge < -0.3 is 5.11 Å². The number of phenolic OH excluding ortho intramolecular Hbond substituents is 1. The van der Waals surface area contributed by atoms with Crippen molar-refractivity contribution in [1.29, 1.82) is 0 Å². The monoisotopic (exact) mass is 642 g/mol. The summed E-state index contributed by atoms with van der Waals surface area (Å²) in [6, 6.07) is 42.9. The summed E-state index contributed by atoms with van der Waals surface area (Å²) in [6.45, 7) is 3.49. The smallest absolute Gasteiger partial charge is 0.120 e. The van der Waals surface area contributed by atoms with Crippen molar-refractivity contribution in [2.75, 3.05) is 0 Å². The standard InChI is InChI=1S/C42H38N6O/c49-42-21-20-39(38-19-11-13-32-12-1-2-18-37(32)38)40(30-47(26-33-14-3-7-22-43-33)27-34-15-4-8-23-44-34)41(42)31-48(28-35-16-5-9-24-45-35)29-36-17-6-10-25-46-36/h1-25,49H,26-31H2. The maximum absolute atomic E-state index is 11.7. The van der Waals surface area contributed by atoms with Crippen LogP contribution in [0.2, 0.25) is 0 Å². The fourth-order valence-electron chi connectivity index (χ4n) is 6.42. The first-order chi connectivity index (χ1) is 24.2. The number of pyridine rings is 4. The Morgan fingerprint density at radius 2 is 0.837 bits per heavy atom. The number of aromatic nitrogens is 4. The first-order valence-corrected chi connectivity index (χ1v) is 16.6. The molecule has 242 valence electrons. The predicted molar refractivity (Wildman–Crippen MR) is 194 cm³/mol. The molecule has 0 spiro atoms. The normalized spacial score (nSPS) is 11.4. The molecule has 7 rings (SSSR count). The lowest BCUT2D eigenvalue weighted by atomic mass is 9.90. The Bertz CT molecular complexity index is 2010. The number of rotatable bonds is 13. The van der Waals surface area contributed by atoms with Gasteiger partial charge in [-0.3, -0.25) is 29.7 Å². The van der Waals surface area contributed by atoms with Gasteiger partial charge in [-0.1, -0.05) is 72.8 Å². The van der Waals surface area contributed by atoms with Crippen LogP contribution in [0.15, 0.2) is 152 Å². The van der Waals surface area contributed by atoms with E-state index >= 15 is 0 Å². The lowest BCUT2D eigenvalue weighted by Gasteiger charge is -2.28. The van der Waals surface area contributed by atoms with Gasteiger partial charge in [-0.05, 0) is 82.1 Å². The highest BCUT2D eigenvalue weighted by Crippen LogP contribution is 2.38. The molecule has 7 heteroatoms. The molecule has 0 radical (unpaired) electrons. The van der Waals surface area contributed by atoms with Gasteiger partial charge in [0.05, 0.1) is 22.8 Å². The summed E-state index contributed by atoms with van der Waals surface area (Å²) in [5.41, 5.74) is 8.02. The highest BCUT2D eigenvalue weighted by molar-refractivity contribution is 5.97. The van der Waals surface area contributed by atoms with Crippen LogP contribution in [0.25, 0.3) is 21.9 Å². The number of aromatic hydroxyl groups is 1. The topological polar surface area (TPSA) is 78.3 Å². The van der Waals surface area contributed by atoms with E-state index in [0.29, 0.717) is 39.3 Å². The van der Waals surface area contributed by atoms with E-state index < -0.39 is 0 Å². The van der Waals surface area contributed by atoms with Crippen molar-refractivity contribution in [3.05, 3.63) is 186 Å². The lowest BCUT2D eigenvalue weighted by Crippen LogP contribution is -2.27. The lowest BCUT2D eigenvalue weighted by molar-refractivity contribution is 0.226. The highest BCUT2D eigenvalue weighted by Gasteiger charge is 2.22. The molecule has 0 unspecified atom stereocenters. The van der Waals surface area contributed by atoms with E-state index in [2.05, 4.69) is 90.4 Å². The van der Waals surface area contributed by atoms with Crippen molar-refractivity contribution in [3.63, 3.8) is 0 Å². The zero-order valence-corrected chi connectivity index (χ0v) is 27.3. The fraction of sp³-hybridized carbons (Fsp3) is 0.143. The van der Waals surface area contributed by atoms with E-state index in [-0.39, 0.29) is 5.75 Å². The molecule has 3 aromatic carbocycles. The van der Waals surface area contributed by atoms with Crippen molar-refractivity contribution in [3.8, 4) is 16.9 Å². The van der Waals surface area contributed by atoms with E-state index in [1.54, 1.807) is 0 Å². The third-order valence-corrected chi connectivity index (χ3v) is 8.70. The summed E-state index contributed by atoms with van der Waals surface area (Å²) < 4.78 is 0. The SMILES string of the molecule is Oc1ccc(-c2cccc3ccccc23)c(CN(Cc2ccccn2)Cc2ccccn2)c1CN(Cc1ccccn1)Cc1ccccn1. The Morgan fingerprint density at radius 3 is 1.33 bits per heavy atom. The fourth-order valence-corrected chi connectivity index (χ4v) is 6.42. The molecule has 0 aliphatic rings. The van der Waals surface area contributed by atoms with Crippen LogP contribution in [-0.2, 0) is 39.3 Å². The maximum Gasteiger partial charge on any atom is 0.120 e. The van der Waals surface area contributed by atoms with Gasteiger partial charge in [0.2, 0.25) is 0 Å². The Morgan fingerprint density at radius 1 is 0.388 bits per heavy atom. The van der Waals surface area contributed by atoms with Gasteiger partial charge in [0.1, 0.15) is 5.75 Å². The van der Waals surface area contributed by atoms with Crippen LogP contribution in [0.3, 0.4) is 0 Å². The molecule has 0 amide bonds. The minimum absolute atomic E-state index is 0.265. The second-order valence-corrected chi connectivity index (χ2v) is 12.2. The van der Waals surface area contributed by atoms with E-state index in [1.165, 1.54) is 10.8 Å². The molecule has 0 aliphatic carbocycles. The largest absolute Gasteiger partial charge is 0.508 e. The number of nitrogens with zero attached hydrogens (tertiary/aromatic N) is 6. The quantitative estimate of drug-likeness (QED) is 0.136. The van der Waals surface area contributed by atoms with E-state index in [1.807, 2.05) is 91.5 Å². The third kappa shape index (κ3) is 8.04. The molecule has 0 aliphatic heterocycles. The van der Waals surface area contributed by atoms with E-state index in [9.17, 15) is 5.11 Å². The Labute approximate surface area is 287 Å². The molecular formula is C42H38N6O. The molecule has 0 bridgehead atoms. The van der Waals surface area contributed by atoms with Crippen molar-refractivity contribution in [2.45, 2.75) is 39.3 Å². The summed E-state index contributed by atoms with van der Waals surface area (Å²) in [7, 11) is 0. The molecule has 49 heavy (non-hydrogen) atoms. The maximum atomic E-state index is 11.7. The summed E-state index contributed by atoms with van der Waals surface area (Å²) >= 11 is 0. The molecule has 4 heterocycles. The average molecular weight is 643 g/mol. The molecule has 0 fully saturated rings. The molecule has 7 nitrogen and oxygen atoms in total. The summed E-state index contributed by atoms with van der Waals surface area (Å²) in [5, 5.41) is 14.1. The first-order valence-electron chi connectivity index (χ1n) is 16.6. The Kier molecular flexibility index (Phi) is 10.0. The van der Waals surface area contributed by atoms with Crippen molar-refractivity contribution in [2.24, 2.45) is 0 Å². The van der Waals surface area contributed by atoms with Gasteiger partial charge in [0.15, 0.2) is 0 Å². The number of hydrogen-bond donors (Lipinski definition) is 1. The number of fused-ring (bicyclic) bond motifs is 1. The second-order valence-electron chi connectivity index (χ2n) is 12.2. The van der Waals surface area contributed by atoms with Crippen LogP contribution in [-0.4, -0.2) is 34.8 Å². The molecule has 4 aromatic heterocycles. The van der Waals surface area contributed by atoms with Crippen molar-refractivity contribution in [1.82, 2.24) is 29.7 Å². The van der Waals surface area contributed by atoms with Gasteiger partial charge >= 0.3 is 0 Å². The Hall–Kier alpha value is -5.76. The van der Waals surface area contributed by atoms with Gasteiger partial charge in [0.25, 0.3) is 0 Å². The highest BCUT2D eigenvalue weighted by atomic mass is 16.3. The third-order valence-electron chi connectivity index (χ3n) is 8.70. The van der Waals surface area contributed by atoms with Crippen LogP contribution in [0.5, 0.6) is 5.75 Å². The van der Waals surface area contributed by atoms with Gasteiger partial charge in [-0.15, -0.1) is 0 Å². The van der Waals surface area contributed by atoms with Crippen LogP contribution in [0, 0.1) is 0 Å². The molecule has 0 saturated carbocycles. The molecular weight excluding hydrogens is 605 g/mol. The molecule has 7 aromatic rings. The molecule has 1 N–H and O–H groups in total. The zero-order valence-electron chi connectivity index (χ0n) is 27.3. The molecule has 0 saturated heterocycles. The number of hydrogen-bond acceptors (Lipinski definition) is 7. The van der Waals surface area contributed by atoms with Gasteiger partial charge in [-0.25, -0.2) is 0 Å². The summed E-state index contributed by atoms with van der Waals surface area (Å²) in [6.07, 6.45) is 7.32. The summed E-state index contributed by atoms with van der Waals surface area (Å²) in [5.74, 6) is 0.265. The van der Waals surface area contributed by atoms with Gasteiger partial charge in [-0.2, -0.15) is 0 Å². The van der Waals surface area contributed by atoms with Crippen LogP contribution < -0.4 is 0 Å². The summed E-state index contributed by atoms with van der Waals surface area (Å²) in [4.78, 5) is 23.3. The Balaban J connectivity index is 1.35. The van der Waals surface area contributed by atoms with Crippen LogP contribution in [0.4, 0.5) is 0 Å². The number of phenols is 1. The minimum Gasteiger partial charge on any atom is -0.508 e. The van der Waals surface area contributed by atoms with E-state index in [4.69, 9.17) is 0 Å². The van der Waals surface area contributed by atoms with Crippen molar-refractivity contribution < 1.29 is 5.11 Å².